The Hall–Kier alpha value is -0.890. The van der Waals surface area contributed by atoms with Crippen molar-refractivity contribution in [3.05, 3.63) is 29.6 Å². The summed E-state index contributed by atoms with van der Waals surface area (Å²) >= 11 is 0. The van der Waals surface area contributed by atoms with E-state index in [9.17, 15) is 0 Å². The van der Waals surface area contributed by atoms with Gasteiger partial charge < -0.3 is 5.32 Å². The fourth-order valence-corrected chi connectivity index (χ4v) is 2.58. The van der Waals surface area contributed by atoms with E-state index in [-0.39, 0.29) is 0 Å². The molecule has 0 spiro atoms. The van der Waals surface area contributed by atoms with Gasteiger partial charge in [0.05, 0.1) is 5.69 Å². The van der Waals surface area contributed by atoms with Crippen molar-refractivity contribution in [2.24, 2.45) is 0 Å². The van der Waals surface area contributed by atoms with Gasteiger partial charge in [0.2, 0.25) is 0 Å². The van der Waals surface area contributed by atoms with Crippen LogP contribution in [0, 0.1) is 0 Å². The molecular weight excluding hydrogens is 196 g/mol. The Kier molecular flexibility index (Phi) is 3.94. The zero-order valence-corrected chi connectivity index (χ0v) is 10.4. The number of aryl methyl sites for hydroxylation is 1. The van der Waals surface area contributed by atoms with Crippen LogP contribution in [0.2, 0.25) is 0 Å². The molecule has 1 atom stereocenters. The van der Waals surface area contributed by atoms with Crippen LogP contribution >= 0.6 is 0 Å². The third-order valence-corrected chi connectivity index (χ3v) is 3.62. The summed E-state index contributed by atoms with van der Waals surface area (Å²) < 4.78 is 0. The van der Waals surface area contributed by atoms with Gasteiger partial charge in [0.25, 0.3) is 0 Å². The fourth-order valence-electron chi connectivity index (χ4n) is 2.58. The normalized spacial score (nSPS) is 19.8. The molecule has 0 amide bonds. The van der Waals surface area contributed by atoms with Crippen molar-refractivity contribution in [3.63, 3.8) is 0 Å². The van der Waals surface area contributed by atoms with Crippen molar-refractivity contribution >= 4 is 0 Å². The van der Waals surface area contributed by atoms with E-state index in [1.54, 1.807) is 0 Å². The molecule has 0 unspecified atom stereocenters. The van der Waals surface area contributed by atoms with Crippen molar-refractivity contribution < 1.29 is 0 Å². The van der Waals surface area contributed by atoms with Gasteiger partial charge in [0, 0.05) is 18.3 Å². The van der Waals surface area contributed by atoms with E-state index in [2.05, 4.69) is 36.3 Å². The lowest BCUT2D eigenvalue weighted by atomic mass is 9.91. The first kappa shape index (κ1) is 11.6. The van der Waals surface area contributed by atoms with E-state index in [1.165, 1.54) is 43.4 Å². The van der Waals surface area contributed by atoms with E-state index in [4.69, 9.17) is 0 Å². The lowest BCUT2D eigenvalue weighted by Crippen LogP contribution is -2.34. The smallest absolute Gasteiger partial charge is 0.0605 e. The first-order valence-corrected chi connectivity index (χ1v) is 6.55. The van der Waals surface area contributed by atoms with E-state index in [0.29, 0.717) is 12.1 Å². The van der Waals surface area contributed by atoms with Gasteiger partial charge in [-0.05, 0) is 43.7 Å². The summed E-state index contributed by atoms with van der Waals surface area (Å²) in [5, 5.41) is 3.75. The van der Waals surface area contributed by atoms with Gasteiger partial charge in [0.1, 0.15) is 0 Å². The molecule has 1 aliphatic rings. The van der Waals surface area contributed by atoms with E-state index in [0.717, 1.165) is 0 Å². The molecule has 2 rings (SSSR count). The van der Waals surface area contributed by atoms with Gasteiger partial charge in [-0.1, -0.05) is 19.9 Å². The van der Waals surface area contributed by atoms with Crippen LogP contribution < -0.4 is 5.32 Å². The van der Waals surface area contributed by atoms with E-state index >= 15 is 0 Å². The van der Waals surface area contributed by atoms with Crippen molar-refractivity contribution in [2.45, 2.75) is 58.0 Å². The molecule has 1 aliphatic carbocycles. The molecule has 0 radical (unpaired) electrons. The van der Waals surface area contributed by atoms with Gasteiger partial charge in [-0.2, -0.15) is 0 Å². The molecule has 0 saturated heterocycles. The van der Waals surface area contributed by atoms with Crippen LogP contribution in [0.5, 0.6) is 0 Å². The van der Waals surface area contributed by atoms with Crippen molar-refractivity contribution in [1.82, 2.24) is 10.3 Å². The lowest BCUT2D eigenvalue weighted by Gasteiger charge is -2.28. The average Bonchev–Trinajstić information content (AvgIpc) is 2.36. The van der Waals surface area contributed by atoms with Crippen LogP contribution in [0.4, 0.5) is 0 Å². The standard InChI is InChI=1S/C14H22N2/c1-3-12(4-2)16-13-9-5-7-11-8-6-10-15-14(11)13/h6,8,10,12-13,16H,3-5,7,9H2,1-2H3/t13-/m0/s1. The summed E-state index contributed by atoms with van der Waals surface area (Å²) in [6.07, 6.45) is 8.05. The average molecular weight is 218 g/mol. The Morgan fingerprint density at radius 2 is 2.25 bits per heavy atom. The second-order valence-corrected chi connectivity index (χ2v) is 4.67. The van der Waals surface area contributed by atoms with Crippen molar-refractivity contribution in [1.29, 1.82) is 0 Å². The van der Waals surface area contributed by atoms with E-state index < -0.39 is 0 Å². The molecule has 0 aliphatic heterocycles. The molecule has 1 heterocycles. The third kappa shape index (κ3) is 2.43. The highest BCUT2D eigenvalue weighted by molar-refractivity contribution is 5.25. The molecule has 2 heteroatoms. The van der Waals surface area contributed by atoms with Crippen LogP contribution in [0.15, 0.2) is 18.3 Å². The summed E-state index contributed by atoms with van der Waals surface area (Å²) in [6.45, 7) is 4.51. The minimum Gasteiger partial charge on any atom is -0.306 e. The zero-order valence-electron chi connectivity index (χ0n) is 10.4. The summed E-state index contributed by atoms with van der Waals surface area (Å²) in [7, 11) is 0. The predicted molar refractivity (Wildman–Crippen MR) is 67.4 cm³/mol. The SMILES string of the molecule is CCC(CC)N[C@H]1CCCc2cccnc21. The summed E-state index contributed by atoms with van der Waals surface area (Å²) in [5.41, 5.74) is 2.73. The second-order valence-electron chi connectivity index (χ2n) is 4.67. The Morgan fingerprint density at radius 1 is 1.44 bits per heavy atom. The Labute approximate surface area is 98.5 Å². The number of rotatable bonds is 4. The highest BCUT2D eigenvalue weighted by atomic mass is 15.0. The van der Waals surface area contributed by atoms with Crippen LogP contribution in [0.1, 0.15) is 56.8 Å². The number of nitrogens with zero attached hydrogens (tertiary/aromatic N) is 1. The molecule has 16 heavy (non-hydrogen) atoms. The van der Waals surface area contributed by atoms with Gasteiger partial charge in [-0.3, -0.25) is 4.98 Å². The van der Waals surface area contributed by atoms with Crippen LogP contribution in [0.25, 0.3) is 0 Å². The molecule has 2 nitrogen and oxygen atoms in total. The minimum absolute atomic E-state index is 0.481. The number of nitrogens with one attached hydrogen (secondary N) is 1. The maximum Gasteiger partial charge on any atom is 0.0605 e. The Bertz CT molecular complexity index is 331. The summed E-state index contributed by atoms with van der Waals surface area (Å²) in [4.78, 5) is 4.56. The van der Waals surface area contributed by atoms with Crippen molar-refractivity contribution in [3.8, 4) is 0 Å². The van der Waals surface area contributed by atoms with Gasteiger partial charge >= 0.3 is 0 Å². The quantitative estimate of drug-likeness (QED) is 0.839. The second kappa shape index (κ2) is 5.44. The first-order chi connectivity index (χ1) is 7.85. The largest absolute Gasteiger partial charge is 0.306 e. The predicted octanol–water partition coefficient (Wildman–Crippen LogP) is 3.24. The lowest BCUT2D eigenvalue weighted by molar-refractivity contribution is 0.373. The number of hydrogen-bond acceptors (Lipinski definition) is 2. The maximum atomic E-state index is 4.56. The number of pyridine rings is 1. The third-order valence-electron chi connectivity index (χ3n) is 3.62. The molecule has 88 valence electrons. The molecule has 1 aromatic rings. The highest BCUT2D eigenvalue weighted by Crippen LogP contribution is 2.28. The first-order valence-electron chi connectivity index (χ1n) is 6.55. The van der Waals surface area contributed by atoms with E-state index in [1.807, 2.05) is 6.20 Å². The molecule has 0 fully saturated rings. The molecular formula is C14H22N2. The molecule has 0 aromatic carbocycles. The number of hydrogen-bond donors (Lipinski definition) is 1. The van der Waals surface area contributed by atoms with Crippen molar-refractivity contribution in [2.75, 3.05) is 0 Å². The zero-order chi connectivity index (χ0) is 11.4. The minimum atomic E-state index is 0.481. The van der Waals surface area contributed by atoms with Gasteiger partial charge in [-0.25, -0.2) is 0 Å². The summed E-state index contributed by atoms with van der Waals surface area (Å²) in [5.74, 6) is 0. The fraction of sp³-hybridized carbons (Fsp3) is 0.643. The molecule has 1 N–H and O–H groups in total. The highest BCUT2D eigenvalue weighted by Gasteiger charge is 2.22. The van der Waals surface area contributed by atoms with Gasteiger partial charge in [0.15, 0.2) is 0 Å². The summed E-state index contributed by atoms with van der Waals surface area (Å²) in [6, 6.07) is 5.40. The molecule has 0 saturated carbocycles. The Balaban J connectivity index is 2.12. The Morgan fingerprint density at radius 3 is 3.00 bits per heavy atom. The van der Waals surface area contributed by atoms with Crippen LogP contribution in [-0.2, 0) is 6.42 Å². The van der Waals surface area contributed by atoms with Crippen LogP contribution in [-0.4, -0.2) is 11.0 Å². The number of aromatic nitrogens is 1. The molecule has 0 bridgehead atoms. The molecule has 1 aromatic heterocycles. The topological polar surface area (TPSA) is 24.9 Å². The monoisotopic (exact) mass is 218 g/mol. The van der Waals surface area contributed by atoms with Crippen LogP contribution in [0.3, 0.4) is 0 Å². The number of fused-ring (bicyclic) bond motifs is 1. The van der Waals surface area contributed by atoms with Gasteiger partial charge in [-0.15, -0.1) is 0 Å². The maximum absolute atomic E-state index is 4.56.